The van der Waals surface area contributed by atoms with Gasteiger partial charge in [-0.3, -0.25) is 19.9 Å². The second kappa shape index (κ2) is 6.96. The van der Waals surface area contributed by atoms with Crippen LogP contribution in [0, 0.1) is 0 Å². The number of aryl methyl sites for hydroxylation is 1. The Morgan fingerprint density at radius 2 is 2.00 bits per heavy atom. The number of nitrogens with one attached hydrogen (secondary N) is 1. The van der Waals surface area contributed by atoms with E-state index < -0.39 is 0 Å². The van der Waals surface area contributed by atoms with Crippen molar-refractivity contribution in [2.75, 3.05) is 31.2 Å². The lowest BCUT2D eigenvalue weighted by Crippen LogP contribution is -2.45. The quantitative estimate of drug-likeness (QED) is 0.824. The first-order chi connectivity index (χ1) is 12.6. The minimum atomic E-state index is -0.386. The summed E-state index contributed by atoms with van der Waals surface area (Å²) in [5.74, 6) is -1.16. The van der Waals surface area contributed by atoms with Gasteiger partial charge in [-0.25, -0.2) is 0 Å². The average Bonchev–Trinajstić information content (AvgIpc) is 3.10. The highest BCUT2D eigenvalue weighted by atomic mass is 16.7. The molecule has 0 bridgehead atoms. The van der Waals surface area contributed by atoms with E-state index in [9.17, 15) is 9.59 Å². The number of hydrogen-bond donors (Lipinski definition) is 1. The van der Waals surface area contributed by atoms with Gasteiger partial charge in [-0.2, -0.15) is 0 Å². The highest BCUT2D eigenvalue weighted by molar-refractivity contribution is 6.00. The molecule has 1 aromatic heterocycles. The van der Waals surface area contributed by atoms with Crippen LogP contribution in [0.3, 0.4) is 0 Å². The molecular formula is C19H25N3O4. The first-order valence-corrected chi connectivity index (χ1v) is 9.45. The van der Waals surface area contributed by atoms with E-state index in [1.807, 2.05) is 12.3 Å². The van der Waals surface area contributed by atoms with Gasteiger partial charge in [0.2, 0.25) is 11.8 Å². The number of hydrogen-bond acceptors (Lipinski definition) is 6. The van der Waals surface area contributed by atoms with Crippen molar-refractivity contribution < 1.29 is 19.1 Å². The Morgan fingerprint density at radius 1 is 1.27 bits per heavy atom. The highest BCUT2D eigenvalue weighted by Crippen LogP contribution is 2.35. The van der Waals surface area contributed by atoms with Crippen LogP contribution < -0.4 is 10.2 Å². The lowest BCUT2D eigenvalue weighted by Gasteiger charge is -2.39. The van der Waals surface area contributed by atoms with Crippen molar-refractivity contribution in [1.29, 1.82) is 0 Å². The summed E-state index contributed by atoms with van der Waals surface area (Å²) >= 11 is 0. The molecule has 7 nitrogen and oxygen atoms in total. The molecular weight excluding hydrogens is 334 g/mol. The van der Waals surface area contributed by atoms with E-state index in [-0.39, 0.29) is 23.5 Å². The average molecular weight is 359 g/mol. The molecule has 3 saturated heterocycles. The zero-order valence-electron chi connectivity index (χ0n) is 15.1. The van der Waals surface area contributed by atoms with Crippen LogP contribution >= 0.6 is 0 Å². The minimum absolute atomic E-state index is 0.197. The third-order valence-electron chi connectivity index (χ3n) is 5.64. The van der Waals surface area contributed by atoms with Crippen LogP contribution in [-0.2, 0) is 25.5 Å². The molecule has 7 heteroatoms. The van der Waals surface area contributed by atoms with Gasteiger partial charge in [-0.1, -0.05) is 6.92 Å². The zero-order valence-corrected chi connectivity index (χ0v) is 15.1. The van der Waals surface area contributed by atoms with Crippen LogP contribution in [0.25, 0.3) is 0 Å². The third-order valence-corrected chi connectivity index (χ3v) is 5.64. The molecule has 1 atom stereocenters. The fraction of sp³-hybridized carbons (Fsp3) is 0.632. The molecule has 26 heavy (non-hydrogen) atoms. The minimum Gasteiger partial charge on any atom is -0.370 e. The summed E-state index contributed by atoms with van der Waals surface area (Å²) in [6.07, 6.45) is 5.35. The maximum atomic E-state index is 12.1. The number of nitrogens with zero attached hydrogens (tertiary/aromatic N) is 2. The van der Waals surface area contributed by atoms with E-state index in [0.29, 0.717) is 26.1 Å². The molecule has 0 aliphatic carbocycles. The SMILES string of the molecule is CCc1cc(C2CCC(=O)NC2=O)ncc1N1CCC2(CC1)OCCO2. The Hall–Kier alpha value is -1.99. The number of pyridine rings is 1. The Kier molecular flexibility index (Phi) is 4.67. The van der Waals surface area contributed by atoms with Crippen molar-refractivity contribution in [3.8, 4) is 0 Å². The number of amides is 2. The van der Waals surface area contributed by atoms with Gasteiger partial charge in [-0.05, 0) is 24.5 Å². The maximum absolute atomic E-state index is 12.1. The molecule has 140 valence electrons. The van der Waals surface area contributed by atoms with Gasteiger partial charge in [0.15, 0.2) is 5.79 Å². The van der Waals surface area contributed by atoms with Crippen molar-refractivity contribution in [3.63, 3.8) is 0 Å². The Bertz CT molecular complexity index is 705. The van der Waals surface area contributed by atoms with E-state index in [0.717, 1.165) is 43.7 Å². The summed E-state index contributed by atoms with van der Waals surface area (Å²) in [4.78, 5) is 30.4. The topological polar surface area (TPSA) is 80.8 Å². The lowest BCUT2D eigenvalue weighted by atomic mass is 9.92. The summed E-state index contributed by atoms with van der Waals surface area (Å²) in [5.41, 5.74) is 3.06. The smallest absolute Gasteiger partial charge is 0.235 e. The lowest BCUT2D eigenvalue weighted by molar-refractivity contribution is -0.169. The molecule has 3 fully saturated rings. The molecule has 1 spiro atoms. The van der Waals surface area contributed by atoms with Crippen LogP contribution in [-0.4, -0.2) is 48.9 Å². The first-order valence-electron chi connectivity index (χ1n) is 9.45. The monoisotopic (exact) mass is 359 g/mol. The van der Waals surface area contributed by atoms with E-state index in [1.54, 1.807) is 0 Å². The molecule has 0 saturated carbocycles. The van der Waals surface area contributed by atoms with E-state index in [4.69, 9.17) is 9.47 Å². The largest absolute Gasteiger partial charge is 0.370 e. The molecule has 1 unspecified atom stereocenters. The van der Waals surface area contributed by atoms with Gasteiger partial charge in [0, 0.05) is 32.4 Å². The maximum Gasteiger partial charge on any atom is 0.235 e. The van der Waals surface area contributed by atoms with Gasteiger partial charge in [0.1, 0.15) is 0 Å². The second-order valence-corrected chi connectivity index (χ2v) is 7.19. The molecule has 4 heterocycles. The van der Waals surface area contributed by atoms with E-state index in [2.05, 4.69) is 22.1 Å². The Labute approximate surface area is 153 Å². The predicted octanol–water partition coefficient (Wildman–Crippen LogP) is 1.51. The number of aromatic nitrogens is 1. The number of imide groups is 1. The normalized spacial score (nSPS) is 25.6. The summed E-state index contributed by atoms with van der Waals surface area (Å²) in [5, 5.41) is 2.42. The predicted molar refractivity (Wildman–Crippen MR) is 94.8 cm³/mol. The van der Waals surface area contributed by atoms with Gasteiger partial charge >= 0.3 is 0 Å². The highest BCUT2D eigenvalue weighted by Gasteiger charge is 2.40. The molecule has 2 amide bonds. The van der Waals surface area contributed by atoms with Gasteiger partial charge < -0.3 is 14.4 Å². The Balaban J connectivity index is 1.51. The molecule has 0 radical (unpaired) electrons. The summed E-state index contributed by atoms with van der Waals surface area (Å²) in [6.45, 7) is 5.21. The van der Waals surface area contributed by atoms with Crippen molar-refractivity contribution in [3.05, 3.63) is 23.5 Å². The standard InChI is InChI=1S/C19H25N3O4/c1-2-13-11-15(14-3-4-17(23)21-18(14)24)20-12-16(13)22-7-5-19(6-8-22)25-9-10-26-19/h11-12,14H,2-10H2,1H3,(H,21,23,24). The van der Waals surface area contributed by atoms with Crippen molar-refractivity contribution in [1.82, 2.24) is 10.3 Å². The second-order valence-electron chi connectivity index (χ2n) is 7.19. The number of anilines is 1. The van der Waals surface area contributed by atoms with Crippen LogP contribution in [0.4, 0.5) is 5.69 Å². The summed E-state index contributed by atoms with van der Waals surface area (Å²) in [6, 6.07) is 2.03. The van der Waals surface area contributed by atoms with Gasteiger partial charge in [0.05, 0.1) is 36.7 Å². The molecule has 0 aromatic carbocycles. The van der Waals surface area contributed by atoms with Crippen molar-refractivity contribution in [2.45, 2.75) is 50.7 Å². The number of ether oxygens (including phenoxy) is 2. The molecule has 1 N–H and O–H groups in total. The van der Waals surface area contributed by atoms with Crippen LogP contribution in [0.1, 0.15) is 49.8 Å². The van der Waals surface area contributed by atoms with E-state index in [1.165, 1.54) is 5.56 Å². The van der Waals surface area contributed by atoms with Crippen LogP contribution in [0.15, 0.2) is 12.3 Å². The molecule has 4 rings (SSSR count). The van der Waals surface area contributed by atoms with Crippen LogP contribution in [0.5, 0.6) is 0 Å². The molecule has 3 aliphatic rings. The zero-order chi connectivity index (χ0) is 18.1. The number of rotatable bonds is 3. The van der Waals surface area contributed by atoms with Crippen molar-refractivity contribution >= 4 is 17.5 Å². The van der Waals surface area contributed by atoms with Gasteiger partial charge in [0.25, 0.3) is 0 Å². The fourth-order valence-corrected chi connectivity index (χ4v) is 4.12. The third kappa shape index (κ3) is 3.21. The Morgan fingerprint density at radius 3 is 2.65 bits per heavy atom. The fourth-order valence-electron chi connectivity index (χ4n) is 4.12. The van der Waals surface area contributed by atoms with E-state index >= 15 is 0 Å². The van der Waals surface area contributed by atoms with Crippen LogP contribution in [0.2, 0.25) is 0 Å². The number of piperidine rings is 2. The number of carbonyl (C=O) groups is 2. The first kappa shape index (κ1) is 17.4. The molecule has 3 aliphatic heterocycles. The van der Waals surface area contributed by atoms with Crippen molar-refractivity contribution in [2.24, 2.45) is 0 Å². The summed E-state index contributed by atoms with van der Waals surface area (Å²) < 4.78 is 11.6. The van der Waals surface area contributed by atoms with Gasteiger partial charge in [-0.15, -0.1) is 0 Å². The molecule has 1 aromatic rings. The number of carbonyl (C=O) groups excluding carboxylic acids is 2. The summed E-state index contributed by atoms with van der Waals surface area (Å²) in [7, 11) is 0.